The van der Waals surface area contributed by atoms with E-state index in [2.05, 4.69) is 22.7 Å². The molecule has 0 fully saturated rings. The normalized spacial score (nSPS) is 15.4. The molecule has 10 heteroatoms. The van der Waals surface area contributed by atoms with Crippen molar-refractivity contribution in [1.82, 2.24) is 5.27 Å². The largest absolute Gasteiger partial charge is 0.538 e. The van der Waals surface area contributed by atoms with Crippen LogP contribution in [0.15, 0.2) is 70.2 Å². The van der Waals surface area contributed by atoms with Gasteiger partial charge in [-0.2, -0.15) is 0 Å². The summed E-state index contributed by atoms with van der Waals surface area (Å²) < 4.78 is 11.7. The second-order valence-corrected chi connectivity index (χ2v) is 11.5. The monoisotopic (exact) mass is 563 g/mol. The average Bonchev–Trinajstić information content (AvgIpc) is 3.51. The van der Waals surface area contributed by atoms with E-state index in [1.807, 2.05) is 43.3 Å². The lowest BCUT2D eigenvalue weighted by Crippen LogP contribution is -2.36. The molecule has 4 aromatic rings. The van der Waals surface area contributed by atoms with Crippen LogP contribution in [0, 0.1) is 0 Å². The molecular formula is C29H29N3O5S2. The van der Waals surface area contributed by atoms with Gasteiger partial charge in [-0.25, -0.2) is 4.79 Å². The summed E-state index contributed by atoms with van der Waals surface area (Å²) in [6, 6.07) is 19.5. The summed E-state index contributed by atoms with van der Waals surface area (Å²) in [5.41, 5.74) is 3.34. The fourth-order valence-corrected chi connectivity index (χ4v) is 7.12. The second kappa shape index (κ2) is 12.0. The van der Waals surface area contributed by atoms with Gasteiger partial charge in [-0.3, -0.25) is 4.79 Å². The smallest absolute Gasteiger partial charge is 0.341 e. The maximum absolute atomic E-state index is 13.5. The molecule has 1 amide bonds. The van der Waals surface area contributed by atoms with Gasteiger partial charge in [0.15, 0.2) is 5.95 Å². The van der Waals surface area contributed by atoms with Gasteiger partial charge in [0.1, 0.15) is 5.00 Å². The molecule has 1 aliphatic carbocycles. The number of carbonyl (C=O) groups excluding carboxylic acids is 2. The summed E-state index contributed by atoms with van der Waals surface area (Å²) in [5.74, 6) is -0.980. The molecule has 2 unspecified atom stereocenters. The van der Waals surface area contributed by atoms with Crippen LogP contribution < -0.4 is 15.1 Å². The highest BCUT2D eigenvalue weighted by Crippen LogP contribution is 2.43. The SMILES string of the molecule is CCOC(=O)c1c(NC(=O)C(CC)Sc2c([O-])on[n+]2-c2ccccc2)sc2c1CCC(c1ccccc1)C2. The van der Waals surface area contributed by atoms with Crippen LogP contribution in [0.25, 0.3) is 5.69 Å². The number of ether oxygens (including phenoxy) is 1. The number of carbonyl (C=O) groups is 2. The molecule has 39 heavy (non-hydrogen) atoms. The zero-order valence-electron chi connectivity index (χ0n) is 21.7. The number of nitrogens with zero attached hydrogens (tertiary/aromatic N) is 2. The van der Waals surface area contributed by atoms with Crippen LogP contribution in [0.5, 0.6) is 5.95 Å². The minimum atomic E-state index is -0.613. The first-order valence-corrected chi connectivity index (χ1v) is 14.7. The molecule has 202 valence electrons. The van der Waals surface area contributed by atoms with Crippen LogP contribution in [-0.2, 0) is 22.4 Å². The maximum Gasteiger partial charge on any atom is 0.341 e. The first-order chi connectivity index (χ1) is 19.0. The molecule has 2 aromatic heterocycles. The first-order valence-electron chi connectivity index (χ1n) is 13.0. The number of hydrogen-bond donors (Lipinski definition) is 1. The number of thiophene rings is 1. The van der Waals surface area contributed by atoms with Gasteiger partial charge in [-0.15, -0.1) is 11.3 Å². The third kappa shape index (κ3) is 5.72. The Hall–Kier alpha value is -3.63. The Morgan fingerprint density at radius 1 is 1.18 bits per heavy atom. The number of fused-ring (bicyclic) bond motifs is 1. The van der Waals surface area contributed by atoms with E-state index in [9.17, 15) is 14.7 Å². The molecule has 0 aliphatic heterocycles. The molecule has 0 saturated heterocycles. The summed E-state index contributed by atoms with van der Waals surface area (Å²) in [6.07, 6.45) is 2.90. The third-order valence-electron chi connectivity index (χ3n) is 6.74. The van der Waals surface area contributed by atoms with Crippen LogP contribution >= 0.6 is 23.1 Å². The van der Waals surface area contributed by atoms with Crippen molar-refractivity contribution < 1.29 is 28.6 Å². The average molecular weight is 564 g/mol. The lowest BCUT2D eigenvalue weighted by atomic mass is 9.83. The molecule has 1 N–H and O–H groups in total. The number of esters is 1. The molecular weight excluding hydrogens is 534 g/mol. The summed E-state index contributed by atoms with van der Waals surface area (Å²) in [6.45, 7) is 3.89. The Morgan fingerprint density at radius 3 is 2.59 bits per heavy atom. The van der Waals surface area contributed by atoms with Gasteiger partial charge in [0.2, 0.25) is 11.6 Å². The van der Waals surface area contributed by atoms with Crippen LogP contribution in [0.1, 0.15) is 59.0 Å². The molecule has 0 radical (unpaired) electrons. The van der Waals surface area contributed by atoms with E-state index in [0.717, 1.165) is 41.5 Å². The van der Waals surface area contributed by atoms with Crippen LogP contribution in [0.2, 0.25) is 0 Å². The molecule has 0 saturated carbocycles. The lowest BCUT2D eigenvalue weighted by Gasteiger charge is -2.23. The highest BCUT2D eigenvalue weighted by molar-refractivity contribution is 8.00. The molecule has 2 atom stereocenters. The number of anilines is 1. The zero-order valence-corrected chi connectivity index (χ0v) is 23.3. The number of rotatable bonds is 9. The molecule has 0 bridgehead atoms. The van der Waals surface area contributed by atoms with Crippen molar-refractivity contribution in [3.05, 3.63) is 82.2 Å². The number of hydrogen-bond acceptors (Lipinski definition) is 8. The van der Waals surface area contributed by atoms with E-state index in [1.54, 1.807) is 19.1 Å². The minimum Gasteiger partial charge on any atom is -0.538 e. The summed E-state index contributed by atoms with van der Waals surface area (Å²) in [7, 11) is 0. The van der Waals surface area contributed by atoms with E-state index in [-0.39, 0.29) is 17.5 Å². The van der Waals surface area contributed by atoms with Gasteiger partial charge in [0.05, 0.1) is 22.7 Å². The summed E-state index contributed by atoms with van der Waals surface area (Å²) >= 11 is 2.54. The number of thioether (sulfide) groups is 1. The van der Waals surface area contributed by atoms with E-state index in [1.165, 1.54) is 21.6 Å². The number of nitrogens with one attached hydrogen (secondary N) is 1. The number of aromatic nitrogens is 2. The Bertz CT molecular complexity index is 1450. The Morgan fingerprint density at radius 2 is 1.90 bits per heavy atom. The predicted octanol–water partition coefficient (Wildman–Crippen LogP) is 5.05. The Balaban J connectivity index is 1.40. The van der Waals surface area contributed by atoms with Gasteiger partial charge in [-0.05, 0) is 66.1 Å². The van der Waals surface area contributed by atoms with Crippen molar-refractivity contribution in [2.75, 3.05) is 11.9 Å². The van der Waals surface area contributed by atoms with Crippen molar-refractivity contribution >= 4 is 40.0 Å². The minimum absolute atomic E-state index is 0.213. The fourth-order valence-electron chi connectivity index (χ4n) is 4.82. The predicted molar refractivity (Wildman–Crippen MR) is 148 cm³/mol. The van der Waals surface area contributed by atoms with Crippen LogP contribution in [0.3, 0.4) is 0 Å². The molecule has 0 spiro atoms. The molecule has 2 heterocycles. The van der Waals surface area contributed by atoms with Gasteiger partial charge >= 0.3 is 5.97 Å². The van der Waals surface area contributed by atoms with Crippen LogP contribution in [-0.4, -0.2) is 29.0 Å². The third-order valence-corrected chi connectivity index (χ3v) is 9.31. The second-order valence-electron chi connectivity index (χ2n) is 9.20. The van der Waals surface area contributed by atoms with Crippen molar-refractivity contribution in [3.8, 4) is 11.6 Å². The van der Waals surface area contributed by atoms with Crippen molar-refractivity contribution in [1.29, 1.82) is 0 Å². The lowest BCUT2D eigenvalue weighted by molar-refractivity contribution is -0.705. The van der Waals surface area contributed by atoms with Gasteiger partial charge in [-0.1, -0.05) is 55.5 Å². The van der Waals surface area contributed by atoms with E-state index >= 15 is 0 Å². The van der Waals surface area contributed by atoms with E-state index < -0.39 is 17.2 Å². The quantitative estimate of drug-likeness (QED) is 0.173. The van der Waals surface area contributed by atoms with Crippen LogP contribution in [0.4, 0.5) is 5.00 Å². The molecule has 2 aromatic carbocycles. The highest BCUT2D eigenvalue weighted by Gasteiger charge is 2.33. The Kier molecular flexibility index (Phi) is 8.33. The standard InChI is InChI=1S/C29H29N3O5S2/c1-3-22(39-27-29(35)37-31-32(27)20-13-9-6-10-14-20)25(33)30-26-24(28(34)36-4-2)21-16-15-19(17-23(21)38-26)18-11-7-5-8-12-18/h5-14,19,22H,3-4,15-17H2,1-2H3,(H-,30,31,33,34,35). The van der Waals surface area contributed by atoms with Gasteiger partial charge < -0.3 is 19.7 Å². The topological polar surface area (TPSA) is 108 Å². The van der Waals surface area contributed by atoms with Gasteiger partial charge in [0, 0.05) is 17.0 Å². The molecule has 1 aliphatic rings. The van der Waals surface area contributed by atoms with E-state index in [4.69, 9.17) is 9.26 Å². The number of para-hydroxylation sites is 1. The molecule has 8 nitrogen and oxygen atoms in total. The first kappa shape index (κ1) is 27.0. The maximum atomic E-state index is 13.5. The van der Waals surface area contributed by atoms with Gasteiger partial charge in [0.25, 0.3) is 5.03 Å². The number of benzene rings is 2. The number of amides is 1. The van der Waals surface area contributed by atoms with Crippen molar-refractivity contribution in [2.24, 2.45) is 0 Å². The van der Waals surface area contributed by atoms with E-state index in [0.29, 0.717) is 28.6 Å². The fraction of sp³-hybridized carbons (Fsp3) is 0.310. The van der Waals surface area contributed by atoms with Crippen molar-refractivity contribution in [3.63, 3.8) is 0 Å². The van der Waals surface area contributed by atoms with Crippen molar-refractivity contribution in [2.45, 2.75) is 55.7 Å². The summed E-state index contributed by atoms with van der Waals surface area (Å²) in [5, 5.41) is 19.4. The Labute approximate surface area is 235 Å². The zero-order chi connectivity index (χ0) is 27.4. The summed E-state index contributed by atoms with van der Waals surface area (Å²) in [4.78, 5) is 27.7. The highest BCUT2D eigenvalue weighted by atomic mass is 32.2. The molecule has 5 rings (SSSR count).